The van der Waals surface area contributed by atoms with Gasteiger partial charge in [-0.2, -0.15) is 0 Å². The monoisotopic (exact) mass is 225 g/mol. The predicted molar refractivity (Wildman–Crippen MR) is 49.4 cm³/mol. The molecule has 0 radical (unpaired) electrons. The fraction of sp³-hybridized carbons (Fsp3) is 0.222. The number of carbonyl (C=O) groups is 1. The second kappa shape index (κ2) is 4.05. The van der Waals surface area contributed by atoms with Crippen LogP contribution in [0.2, 0.25) is 0 Å². The number of nitro groups is 1. The fourth-order valence-electron chi connectivity index (χ4n) is 1.37. The molecule has 0 saturated heterocycles. The van der Waals surface area contributed by atoms with Crippen LogP contribution in [-0.2, 0) is 9.53 Å². The van der Waals surface area contributed by atoms with Gasteiger partial charge in [-0.05, 0) is 18.2 Å². The molecule has 1 aliphatic heterocycles. The first-order valence-electron chi connectivity index (χ1n) is 4.34. The smallest absolute Gasteiger partial charge is 0.382 e. The second-order valence-electron chi connectivity index (χ2n) is 2.98. The van der Waals surface area contributed by atoms with Crippen LogP contribution in [0.15, 0.2) is 18.2 Å². The third-order valence-corrected chi connectivity index (χ3v) is 2.06. The van der Waals surface area contributed by atoms with Gasteiger partial charge in [0.2, 0.25) is 6.79 Å². The van der Waals surface area contributed by atoms with Crippen molar-refractivity contribution in [1.29, 1.82) is 0 Å². The molecule has 1 aliphatic rings. The average molecular weight is 225 g/mol. The highest BCUT2D eigenvalue weighted by molar-refractivity contribution is 5.45. The Hall–Kier alpha value is -2.31. The Morgan fingerprint density at radius 2 is 2.19 bits per heavy atom. The van der Waals surface area contributed by atoms with Crippen molar-refractivity contribution in [2.24, 2.45) is 0 Å². The zero-order valence-corrected chi connectivity index (χ0v) is 7.99. The van der Waals surface area contributed by atoms with Gasteiger partial charge in [0.25, 0.3) is 6.47 Å². The van der Waals surface area contributed by atoms with Crippen molar-refractivity contribution in [3.8, 4) is 11.5 Å². The summed E-state index contributed by atoms with van der Waals surface area (Å²) in [5.41, 5.74) is 0.223. The van der Waals surface area contributed by atoms with E-state index >= 15 is 0 Å². The lowest BCUT2D eigenvalue weighted by Gasteiger charge is -2.07. The Bertz CT molecular complexity index is 432. The summed E-state index contributed by atoms with van der Waals surface area (Å²) in [6.45, 7) is 0.120. The van der Waals surface area contributed by atoms with E-state index in [0.717, 1.165) is 0 Å². The van der Waals surface area contributed by atoms with Crippen LogP contribution in [0.1, 0.15) is 11.8 Å². The summed E-state index contributed by atoms with van der Waals surface area (Å²) < 4.78 is 14.5. The molecular weight excluding hydrogens is 218 g/mol. The van der Waals surface area contributed by atoms with Crippen molar-refractivity contribution in [2.45, 2.75) is 6.23 Å². The SMILES string of the molecule is O=COC(c1ccc2c(c1)OCO2)[N+](=O)[O-]. The molecule has 0 aromatic heterocycles. The van der Waals surface area contributed by atoms with E-state index in [1.807, 2.05) is 0 Å². The lowest BCUT2D eigenvalue weighted by Crippen LogP contribution is -2.13. The van der Waals surface area contributed by atoms with Gasteiger partial charge >= 0.3 is 6.23 Å². The van der Waals surface area contributed by atoms with Gasteiger partial charge in [-0.15, -0.1) is 0 Å². The molecule has 0 fully saturated rings. The summed E-state index contributed by atoms with van der Waals surface area (Å²) in [6, 6.07) is 4.39. The van der Waals surface area contributed by atoms with Gasteiger partial charge < -0.3 is 14.2 Å². The van der Waals surface area contributed by atoms with Gasteiger partial charge in [0.1, 0.15) is 0 Å². The zero-order valence-electron chi connectivity index (χ0n) is 7.99. The van der Waals surface area contributed by atoms with E-state index in [9.17, 15) is 14.9 Å². The number of carbonyl (C=O) groups excluding carboxylic acids is 1. The fourth-order valence-corrected chi connectivity index (χ4v) is 1.37. The molecule has 1 aromatic rings. The highest BCUT2D eigenvalue weighted by Gasteiger charge is 2.26. The molecule has 0 aliphatic carbocycles. The van der Waals surface area contributed by atoms with E-state index in [1.54, 1.807) is 0 Å². The lowest BCUT2D eigenvalue weighted by atomic mass is 10.2. The molecular formula is C9H7NO6. The molecule has 7 heteroatoms. The van der Waals surface area contributed by atoms with E-state index in [2.05, 4.69) is 4.74 Å². The maximum absolute atomic E-state index is 10.6. The van der Waals surface area contributed by atoms with Crippen LogP contribution in [0.5, 0.6) is 11.5 Å². The molecule has 0 N–H and O–H groups in total. The van der Waals surface area contributed by atoms with E-state index in [4.69, 9.17) is 9.47 Å². The van der Waals surface area contributed by atoms with Crippen LogP contribution in [-0.4, -0.2) is 18.2 Å². The first kappa shape index (κ1) is 10.2. The van der Waals surface area contributed by atoms with Gasteiger partial charge in [-0.1, -0.05) is 0 Å². The standard InChI is InChI=1S/C9H7NO6/c11-4-14-9(10(12)13)6-1-2-7-8(3-6)16-5-15-7/h1-4,9H,5H2. The van der Waals surface area contributed by atoms with Crippen molar-refractivity contribution < 1.29 is 23.9 Å². The molecule has 1 heterocycles. The molecule has 0 spiro atoms. The zero-order chi connectivity index (χ0) is 11.5. The summed E-state index contributed by atoms with van der Waals surface area (Å²) in [5, 5.41) is 10.6. The first-order valence-corrected chi connectivity index (χ1v) is 4.34. The molecule has 0 bridgehead atoms. The third-order valence-electron chi connectivity index (χ3n) is 2.06. The Balaban J connectivity index is 2.31. The first-order chi connectivity index (χ1) is 7.72. The van der Waals surface area contributed by atoms with Crippen molar-refractivity contribution in [3.63, 3.8) is 0 Å². The summed E-state index contributed by atoms with van der Waals surface area (Å²) in [6.07, 6.45) is -1.52. The molecule has 1 atom stereocenters. The molecule has 1 aromatic carbocycles. The maximum atomic E-state index is 10.6. The third kappa shape index (κ3) is 1.74. The highest BCUT2D eigenvalue weighted by Crippen LogP contribution is 2.34. The van der Waals surface area contributed by atoms with E-state index in [1.165, 1.54) is 18.2 Å². The molecule has 84 valence electrons. The molecule has 0 saturated carbocycles. The number of hydrogen-bond acceptors (Lipinski definition) is 6. The van der Waals surface area contributed by atoms with Crippen molar-refractivity contribution in [2.75, 3.05) is 6.79 Å². The Morgan fingerprint density at radius 1 is 1.44 bits per heavy atom. The average Bonchev–Trinajstić information content (AvgIpc) is 2.72. The van der Waals surface area contributed by atoms with Crippen LogP contribution >= 0.6 is 0 Å². The molecule has 0 amide bonds. The summed E-state index contributed by atoms with van der Waals surface area (Å²) >= 11 is 0. The Labute approximate surface area is 89.7 Å². The summed E-state index contributed by atoms with van der Waals surface area (Å²) in [5.74, 6) is 0.913. The number of rotatable bonds is 4. The van der Waals surface area contributed by atoms with Gasteiger partial charge in [-0.25, -0.2) is 0 Å². The number of ether oxygens (including phenoxy) is 3. The van der Waals surface area contributed by atoms with Crippen LogP contribution in [0, 0.1) is 10.1 Å². The quantitative estimate of drug-likeness (QED) is 0.327. The Morgan fingerprint density at radius 3 is 2.88 bits per heavy atom. The van der Waals surface area contributed by atoms with E-state index in [-0.39, 0.29) is 18.8 Å². The highest BCUT2D eigenvalue weighted by atomic mass is 16.7. The molecule has 1 unspecified atom stereocenters. The van der Waals surface area contributed by atoms with Gasteiger partial charge in [0.15, 0.2) is 11.5 Å². The molecule has 7 nitrogen and oxygen atoms in total. The van der Waals surface area contributed by atoms with Crippen LogP contribution in [0.3, 0.4) is 0 Å². The largest absolute Gasteiger partial charge is 0.454 e. The van der Waals surface area contributed by atoms with Crippen molar-refractivity contribution in [3.05, 3.63) is 33.9 Å². The summed E-state index contributed by atoms with van der Waals surface area (Å²) in [7, 11) is 0. The minimum Gasteiger partial charge on any atom is -0.454 e. The minimum atomic E-state index is -1.52. The van der Waals surface area contributed by atoms with Gasteiger partial charge in [0.05, 0.1) is 10.5 Å². The summed E-state index contributed by atoms with van der Waals surface area (Å²) in [4.78, 5) is 20.1. The minimum absolute atomic E-state index is 0.0397. The molecule has 2 rings (SSSR count). The molecule has 16 heavy (non-hydrogen) atoms. The van der Waals surface area contributed by atoms with E-state index in [0.29, 0.717) is 11.5 Å². The van der Waals surface area contributed by atoms with Crippen molar-refractivity contribution >= 4 is 6.47 Å². The van der Waals surface area contributed by atoms with Crippen LogP contribution in [0.25, 0.3) is 0 Å². The maximum Gasteiger partial charge on any atom is 0.382 e. The van der Waals surface area contributed by atoms with Crippen molar-refractivity contribution in [1.82, 2.24) is 0 Å². The van der Waals surface area contributed by atoms with Gasteiger partial charge in [0, 0.05) is 0 Å². The number of fused-ring (bicyclic) bond motifs is 1. The van der Waals surface area contributed by atoms with Gasteiger partial charge in [-0.3, -0.25) is 14.9 Å². The van der Waals surface area contributed by atoms with Crippen LogP contribution in [0.4, 0.5) is 0 Å². The normalized spacial score (nSPS) is 14.2. The Kier molecular flexibility index (Phi) is 2.59. The topological polar surface area (TPSA) is 87.9 Å². The number of nitrogens with zero attached hydrogens (tertiary/aromatic N) is 1. The van der Waals surface area contributed by atoms with Crippen LogP contribution < -0.4 is 9.47 Å². The predicted octanol–water partition coefficient (Wildman–Crippen LogP) is 0.864. The number of benzene rings is 1. The second-order valence-corrected chi connectivity index (χ2v) is 2.98. The van der Waals surface area contributed by atoms with E-state index < -0.39 is 11.2 Å². The number of hydrogen-bond donors (Lipinski definition) is 0. The lowest BCUT2D eigenvalue weighted by molar-refractivity contribution is -0.574.